The maximum absolute atomic E-state index is 13.1. The number of rotatable bonds is 19. The van der Waals surface area contributed by atoms with E-state index in [0.29, 0.717) is 0 Å². The predicted molar refractivity (Wildman–Crippen MR) is 177 cm³/mol. The SMILES string of the molecule is CCc1ccc(C(=O)NCC(=O)N[C@H]2C([C@H](O)[C@H](O)CO)O[C@](OP(=O)(O)OCC(CO)O[C@H]([C@H](C)O)n3ccc(N)nc3=O)(C(=O)O)C[C@H]2O)cc1. The molecule has 0 radical (unpaired) electrons. The molecule has 22 nitrogen and oxygen atoms in total. The molecule has 23 heteroatoms. The molecule has 1 aromatic carbocycles. The number of aryl methyl sites for hydroxylation is 1. The minimum atomic E-state index is -5.62. The van der Waals surface area contributed by atoms with Gasteiger partial charge in [0, 0.05) is 18.2 Å². The number of amides is 2. The van der Waals surface area contributed by atoms with Crippen LogP contribution in [0.5, 0.6) is 0 Å². The molecule has 0 spiro atoms. The molecule has 2 aromatic rings. The number of nitrogens with two attached hydrogens (primary N) is 1. The fraction of sp³-hybridized carbons (Fsp3) is 0.567. The van der Waals surface area contributed by atoms with Crippen LogP contribution in [-0.4, -0.2) is 143 Å². The number of phosphoric ester groups is 1. The Bertz CT molecular complexity index is 1660. The molecule has 12 N–H and O–H groups in total. The van der Waals surface area contributed by atoms with E-state index in [-0.39, 0.29) is 11.4 Å². The van der Waals surface area contributed by atoms with Gasteiger partial charge in [-0.05, 0) is 37.1 Å². The number of benzene rings is 1. The number of carboxylic acids is 1. The van der Waals surface area contributed by atoms with Gasteiger partial charge in [0.15, 0.2) is 6.23 Å². The number of nitrogens with zero attached hydrogens (tertiary/aromatic N) is 2. The number of hydrogen-bond acceptors (Lipinski definition) is 17. The van der Waals surface area contributed by atoms with Gasteiger partial charge in [0.2, 0.25) is 5.91 Å². The highest BCUT2D eigenvalue weighted by molar-refractivity contribution is 7.47. The molecule has 53 heavy (non-hydrogen) atoms. The first-order valence-electron chi connectivity index (χ1n) is 16.1. The first kappa shape index (κ1) is 43.5. The molecule has 2 heterocycles. The van der Waals surface area contributed by atoms with Crippen molar-refractivity contribution >= 4 is 31.4 Å². The third-order valence-corrected chi connectivity index (χ3v) is 8.94. The van der Waals surface area contributed by atoms with Gasteiger partial charge in [-0.25, -0.2) is 18.7 Å². The first-order valence-corrected chi connectivity index (χ1v) is 17.6. The van der Waals surface area contributed by atoms with Gasteiger partial charge in [0.1, 0.15) is 30.2 Å². The van der Waals surface area contributed by atoms with E-state index in [4.69, 9.17) is 24.3 Å². The van der Waals surface area contributed by atoms with E-state index in [1.54, 1.807) is 12.1 Å². The van der Waals surface area contributed by atoms with Crippen LogP contribution in [0.1, 0.15) is 42.4 Å². The highest BCUT2D eigenvalue weighted by Gasteiger charge is 2.58. The van der Waals surface area contributed by atoms with Crippen molar-refractivity contribution in [2.45, 2.75) is 81.4 Å². The van der Waals surface area contributed by atoms with Crippen LogP contribution in [0.3, 0.4) is 0 Å². The largest absolute Gasteiger partial charge is 0.477 e. The summed E-state index contributed by atoms with van der Waals surface area (Å²) in [4.78, 5) is 64.2. The van der Waals surface area contributed by atoms with Crippen LogP contribution in [0, 0.1) is 0 Å². The van der Waals surface area contributed by atoms with Crippen molar-refractivity contribution < 1.29 is 78.1 Å². The lowest BCUT2D eigenvalue weighted by Gasteiger charge is -2.46. The minimum Gasteiger partial charge on any atom is -0.477 e. The van der Waals surface area contributed by atoms with Crippen molar-refractivity contribution in [2.24, 2.45) is 0 Å². The Balaban J connectivity index is 1.76. The van der Waals surface area contributed by atoms with Crippen LogP contribution < -0.4 is 22.1 Å². The maximum atomic E-state index is 13.1. The number of aliphatic hydroxyl groups excluding tert-OH is 6. The summed E-state index contributed by atoms with van der Waals surface area (Å²) in [5.41, 5.74) is 5.70. The molecule has 10 atom stereocenters. The van der Waals surface area contributed by atoms with Crippen LogP contribution in [0.25, 0.3) is 0 Å². The summed E-state index contributed by atoms with van der Waals surface area (Å²) in [5, 5.41) is 76.0. The second kappa shape index (κ2) is 18.9. The molecule has 2 amide bonds. The second-order valence-corrected chi connectivity index (χ2v) is 13.3. The van der Waals surface area contributed by atoms with Crippen molar-refractivity contribution in [2.75, 3.05) is 32.1 Å². The molecule has 1 fully saturated rings. The molecule has 1 aliphatic heterocycles. The number of carbonyl (C=O) groups is 3. The lowest BCUT2D eigenvalue weighted by molar-refractivity contribution is -0.289. The van der Waals surface area contributed by atoms with E-state index in [0.717, 1.165) is 22.7 Å². The van der Waals surface area contributed by atoms with Crippen LogP contribution >= 0.6 is 7.82 Å². The van der Waals surface area contributed by atoms with Crippen molar-refractivity contribution in [1.82, 2.24) is 20.2 Å². The van der Waals surface area contributed by atoms with Gasteiger partial charge in [-0.2, -0.15) is 4.98 Å². The number of ether oxygens (including phenoxy) is 2. The number of phosphoric acid groups is 1. The van der Waals surface area contributed by atoms with Gasteiger partial charge in [0.05, 0.1) is 44.6 Å². The minimum absolute atomic E-state index is 0.148. The molecule has 1 aliphatic rings. The zero-order chi connectivity index (χ0) is 39.7. The number of aliphatic hydroxyl groups is 6. The van der Waals surface area contributed by atoms with E-state index < -0.39 is 119 Å². The fourth-order valence-electron chi connectivity index (χ4n) is 5.13. The van der Waals surface area contributed by atoms with E-state index in [1.165, 1.54) is 25.1 Å². The molecule has 0 saturated carbocycles. The molecule has 1 aromatic heterocycles. The summed E-state index contributed by atoms with van der Waals surface area (Å²) >= 11 is 0. The summed E-state index contributed by atoms with van der Waals surface area (Å²) < 4.78 is 34.5. The van der Waals surface area contributed by atoms with Gasteiger partial charge in [0.25, 0.3) is 11.7 Å². The molecular weight excluding hydrogens is 733 g/mol. The number of aliphatic carboxylic acids is 1. The van der Waals surface area contributed by atoms with E-state index in [9.17, 15) is 64.4 Å². The molecule has 3 unspecified atom stereocenters. The molecular formula is C30H44N5O17P. The third-order valence-electron chi connectivity index (χ3n) is 7.94. The van der Waals surface area contributed by atoms with E-state index in [1.807, 2.05) is 6.92 Å². The Morgan fingerprint density at radius 1 is 1.15 bits per heavy atom. The van der Waals surface area contributed by atoms with E-state index in [2.05, 4.69) is 15.6 Å². The summed E-state index contributed by atoms with van der Waals surface area (Å²) in [5.74, 6) is -7.22. The molecule has 0 aliphatic carbocycles. The van der Waals surface area contributed by atoms with Crippen LogP contribution in [0.4, 0.5) is 5.82 Å². The average molecular weight is 778 g/mol. The topological polar surface area (TPSA) is 352 Å². The molecule has 0 bridgehead atoms. The Hall–Kier alpha value is -3.90. The molecule has 1 saturated heterocycles. The van der Waals surface area contributed by atoms with Gasteiger partial charge < -0.3 is 66.5 Å². The predicted octanol–water partition coefficient (Wildman–Crippen LogP) is -3.66. The zero-order valence-electron chi connectivity index (χ0n) is 28.5. The zero-order valence-corrected chi connectivity index (χ0v) is 29.4. The van der Waals surface area contributed by atoms with Gasteiger partial charge in [-0.1, -0.05) is 19.1 Å². The molecule has 296 valence electrons. The monoisotopic (exact) mass is 777 g/mol. The van der Waals surface area contributed by atoms with Crippen molar-refractivity contribution in [3.05, 3.63) is 58.1 Å². The highest BCUT2D eigenvalue weighted by Crippen LogP contribution is 2.51. The summed E-state index contributed by atoms with van der Waals surface area (Å²) in [7, 11) is -5.62. The second-order valence-electron chi connectivity index (χ2n) is 11.9. The van der Waals surface area contributed by atoms with Crippen LogP contribution in [0.2, 0.25) is 0 Å². The number of anilines is 1. The van der Waals surface area contributed by atoms with Crippen LogP contribution in [0.15, 0.2) is 41.3 Å². The van der Waals surface area contributed by atoms with Crippen molar-refractivity contribution in [3.63, 3.8) is 0 Å². The third kappa shape index (κ3) is 11.5. The quantitative estimate of drug-likeness (QED) is 0.0612. The normalized spacial score (nSPS) is 24.2. The number of nitrogens with one attached hydrogen (secondary N) is 2. The van der Waals surface area contributed by atoms with Gasteiger partial charge >= 0.3 is 19.5 Å². The fourth-order valence-corrected chi connectivity index (χ4v) is 6.11. The van der Waals surface area contributed by atoms with Crippen LogP contribution in [-0.2, 0) is 39.1 Å². The van der Waals surface area contributed by atoms with Crippen molar-refractivity contribution in [3.8, 4) is 0 Å². The smallest absolute Gasteiger partial charge is 0.475 e. The Labute approximate surface area is 301 Å². The number of nitrogen functional groups attached to an aromatic ring is 1. The lowest BCUT2D eigenvalue weighted by Crippen LogP contribution is -2.68. The Morgan fingerprint density at radius 2 is 1.81 bits per heavy atom. The Morgan fingerprint density at radius 3 is 2.36 bits per heavy atom. The number of hydrogen-bond donors (Lipinski definition) is 11. The van der Waals surface area contributed by atoms with Crippen molar-refractivity contribution in [1.29, 1.82) is 0 Å². The van der Waals surface area contributed by atoms with E-state index >= 15 is 0 Å². The summed E-state index contributed by atoms with van der Waals surface area (Å²) in [6.07, 6.45) is -12.4. The Kier molecular flexibility index (Phi) is 15.5. The standard InChI is InChI=1S/C30H44N5O17P/c1-3-16-4-6-17(7-5-16)26(43)32-11-22(41)34-23-19(39)10-30(28(44)45,51-25(23)24(42)20(40)13-37)52-53(47,48)49-14-18(12-36)50-27(15(2)38)35-9-8-21(31)33-29(35)46/h4-9,15,18-20,23-25,27,36-40,42H,3,10-14H2,1-2H3,(H,32,43)(H,34,41)(H,44,45)(H,47,48)(H2,31,33,46)/t15-,18?,19+,20+,23+,24+,25?,27+,30+/m0/s1. The first-order chi connectivity index (χ1) is 24.9. The summed E-state index contributed by atoms with van der Waals surface area (Å²) in [6, 6.07) is 5.95. The number of carbonyl (C=O) groups excluding carboxylic acids is 2. The van der Waals surface area contributed by atoms with Gasteiger partial charge in [-0.3, -0.25) is 18.7 Å². The maximum Gasteiger partial charge on any atom is 0.475 e. The number of carboxylic acid groups (broad SMARTS) is 1. The average Bonchev–Trinajstić information content (AvgIpc) is 3.11. The summed E-state index contributed by atoms with van der Waals surface area (Å²) in [6.45, 7) is -0.657. The highest BCUT2D eigenvalue weighted by atomic mass is 31.2. The lowest BCUT2D eigenvalue weighted by atomic mass is 9.88. The molecule has 3 rings (SSSR count). The van der Waals surface area contributed by atoms with Gasteiger partial charge in [-0.15, -0.1) is 0 Å². The number of aromatic nitrogens is 2.